The van der Waals surface area contributed by atoms with Crippen LogP contribution in [0, 0.1) is 13.8 Å². The first kappa shape index (κ1) is 16.0. The van der Waals surface area contributed by atoms with Crippen LogP contribution >= 0.6 is 0 Å². The minimum atomic E-state index is -0.657. The number of rotatable bonds is 2. The van der Waals surface area contributed by atoms with Gasteiger partial charge in [0.15, 0.2) is 0 Å². The van der Waals surface area contributed by atoms with Crippen LogP contribution in [-0.4, -0.2) is 28.8 Å². The first-order valence-corrected chi connectivity index (χ1v) is 7.84. The molecule has 2 aliphatic heterocycles. The molecule has 2 amide bonds. The lowest BCUT2D eigenvalue weighted by atomic mass is 10.1. The Balaban J connectivity index is 1.82. The van der Waals surface area contributed by atoms with Crippen molar-refractivity contribution in [3.8, 4) is 0 Å². The summed E-state index contributed by atoms with van der Waals surface area (Å²) in [4.78, 5) is 29.0. The van der Waals surface area contributed by atoms with Crippen molar-refractivity contribution < 1.29 is 9.59 Å². The molecule has 0 radical (unpaired) electrons. The summed E-state index contributed by atoms with van der Waals surface area (Å²) in [7, 11) is 0. The number of guanidine groups is 1. The molecular weight excluding hydrogens is 306 g/mol. The third-order valence-corrected chi connectivity index (χ3v) is 3.88. The van der Waals surface area contributed by atoms with Crippen molar-refractivity contribution in [3.63, 3.8) is 0 Å². The molecule has 2 heterocycles. The van der Waals surface area contributed by atoms with Gasteiger partial charge in [0.1, 0.15) is 11.9 Å². The van der Waals surface area contributed by atoms with Crippen molar-refractivity contribution in [1.82, 2.24) is 15.8 Å². The van der Waals surface area contributed by atoms with E-state index in [1.807, 2.05) is 45.9 Å². The Morgan fingerprint density at radius 3 is 2.54 bits per heavy atom. The van der Waals surface area contributed by atoms with Crippen molar-refractivity contribution >= 4 is 23.5 Å². The lowest BCUT2D eigenvalue weighted by Gasteiger charge is -2.32. The molecule has 0 aromatic heterocycles. The molecule has 1 atom stereocenters. The second-order valence-electron chi connectivity index (χ2n) is 6.40. The van der Waals surface area contributed by atoms with Gasteiger partial charge >= 0.3 is 0 Å². The fraction of sp³-hybridized carbons (Fsp3) is 0.353. The molecule has 126 valence electrons. The maximum absolute atomic E-state index is 12.7. The van der Waals surface area contributed by atoms with E-state index in [1.54, 1.807) is 5.01 Å². The number of carbonyl (C=O) groups excluding carboxylic acids is 2. The van der Waals surface area contributed by atoms with Gasteiger partial charge in [-0.25, -0.2) is 5.01 Å². The summed E-state index contributed by atoms with van der Waals surface area (Å²) in [5, 5.41) is 7.20. The standard InChI is InChI=1S/C17H21N5O2/c1-9(2)15-20-17-19-14(23)8-13(22(17)21-15)16(24)18-12-6-10(3)5-11(4)7-12/h5-7,13,21H,8H2,1-4H3,(H,18,24)(H,19,20,23)/t13-/m1/s1. The molecule has 0 bridgehead atoms. The van der Waals surface area contributed by atoms with Crippen LogP contribution in [0.4, 0.5) is 5.69 Å². The Hall–Kier alpha value is -2.83. The highest BCUT2D eigenvalue weighted by Crippen LogP contribution is 2.20. The van der Waals surface area contributed by atoms with Crippen LogP contribution in [0.5, 0.6) is 0 Å². The molecule has 1 fully saturated rings. The monoisotopic (exact) mass is 327 g/mol. The van der Waals surface area contributed by atoms with Gasteiger partial charge < -0.3 is 5.32 Å². The van der Waals surface area contributed by atoms with E-state index < -0.39 is 6.04 Å². The minimum Gasteiger partial charge on any atom is -0.324 e. The molecule has 3 rings (SSSR count). The van der Waals surface area contributed by atoms with Gasteiger partial charge in [-0.05, 0) is 56.5 Å². The second kappa shape index (κ2) is 5.99. The van der Waals surface area contributed by atoms with E-state index in [0.717, 1.165) is 22.4 Å². The normalized spacial score (nSPS) is 19.2. The summed E-state index contributed by atoms with van der Waals surface area (Å²) in [5.74, 6) is 0.548. The Labute approximate surface area is 140 Å². The molecule has 0 unspecified atom stereocenters. The largest absolute Gasteiger partial charge is 0.324 e. The highest BCUT2D eigenvalue weighted by atomic mass is 16.2. The minimum absolute atomic E-state index is 0.0681. The molecule has 2 aliphatic rings. The first-order chi connectivity index (χ1) is 11.3. The summed E-state index contributed by atoms with van der Waals surface area (Å²) < 4.78 is 0. The zero-order valence-electron chi connectivity index (χ0n) is 14.2. The van der Waals surface area contributed by atoms with Crippen molar-refractivity contribution in [2.75, 3.05) is 5.32 Å². The number of hydrogen-bond acceptors (Lipinski definition) is 5. The van der Waals surface area contributed by atoms with Crippen LogP contribution < -0.4 is 16.1 Å². The van der Waals surface area contributed by atoms with Crippen molar-refractivity contribution in [1.29, 1.82) is 0 Å². The third kappa shape index (κ3) is 3.10. The molecule has 1 aromatic rings. The average molecular weight is 327 g/mol. The molecule has 7 heteroatoms. The van der Waals surface area contributed by atoms with Crippen molar-refractivity contribution in [3.05, 3.63) is 40.7 Å². The molecule has 1 aromatic carbocycles. The van der Waals surface area contributed by atoms with Gasteiger partial charge in [0, 0.05) is 5.69 Å². The van der Waals surface area contributed by atoms with E-state index in [1.165, 1.54) is 0 Å². The van der Waals surface area contributed by atoms with Gasteiger partial charge in [-0.1, -0.05) is 6.07 Å². The van der Waals surface area contributed by atoms with E-state index in [-0.39, 0.29) is 18.2 Å². The molecular formula is C17H21N5O2. The number of hydrogen-bond donors (Lipinski definition) is 3. The van der Waals surface area contributed by atoms with Crippen LogP contribution in [-0.2, 0) is 9.59 Å². The molecule has 0 spiro atoms. The summed E-state index contributed by atoms with van der Waals surface area (Å²) in [6.07, 6.45) is 0.0681. The number of nitrogens with zero attached hydrogens (tertiary/aromatic N) is 2. The molecule has 1 saturated heterocycles. The molecule has 0 saturated carbocycles. The third-order valence-electron chi connectivity index (χ3n) is 3.88. The van der Waals surface area contributed by atoms with Gasteiger partial charge in [0.2, 0.25) is 17.8 Å². The lowest BCUT2D eigenvalue weighted by Crippen LogP contribution is -2.61. The summed E-state index contributed by atoms with van der Waals surface area (Å²) in [5.41, 5.74) is 6.92. The Morgan fingerprint density at radius 2 is 1.92 bits per heavy atom. The van der Waals surface area contributed by atoms with Crippen LogP contribution in [0.1, 0.15) is 31.4 Å². The number of nitrogens with one attached hydrogen (secondary N) is 3. The van der Waals surface area contributed by atoms with Crippen LogP contribution in [0.2, 0.25) is 0 Å². The number of aliphatic imine (C=N–C) groups is 1. The number of allylic oxidation sites excluding steroid dienone is 1. The number of amides is 2. The van der Waals surface area contributed by atoms with Crippen LogP contribution in [0.15, 0.2) is 34.6 Å². The Bertz CT molecular complexity index is 757. The van der Waals surface area contributed by atoms with Crippen molar-refractivity contribution in [2.24, 2.45) is 4.99 Å². The highest BCUT2D eigenvalue weighted by molar-refractivity contribution is 6.07. The summed E-state index contributed by atoms with van der Waals surface area (Å²) >= 11 is 0. The lowest BCUT2D eigenvalue weighted by molar-refractivity contribution is -0.129. The van der Waals surface area contributed by atoms with E-state index in [0.29, 0.717) is 11.8 Å². The molecule has 24 heavy (non-hydrogen) atoms. The van der Waals surface area contributed by atoms with Crippen molar-refractivity contribution in [2.45, 2.75) is 40.2 Å². The number of benzene rings is 1. The summed E-state index contributed by atoms with van der Waals surface area (Å²) in [6.45, 7) is 7.78. The fourth-order valence-corrected chi connectivity index (χ4v) is 2.81. The number of carbonyl (C=O) groups is 2. The fourth-order valence-electron chi connectivity index (χ4n) is 2.81. The highest BCUT2D eigenvalue weighted by Gasteiger charge is 2.39. The number of hydrazine groups is 1. The Morgan fingerprint density at radius 1 is 1.25 bits per heavy atom. The predicted molar refractivity (Wildman–Crippen MR) is 91.9 cm³/mol. The SMILES string of the molecule is CC(C)=C1N=C2NC(=O)C[C@H](C(=O)Nc3cc(C)cc(C)c3)N2N1. The van der Waals surface area contributed by atoms with E-state index >= 15 is 0 Å². The predicted octanol–water partition coefficient (Wildman–Crippen LogP) is 1.56. The van der Waals surface area contributed by atoms with E-state index in [2.05, 4.69) is 21.1 Å². The van der Waals surface area contributed by atoms with Gasteiger partial charge in [0.05, 0.1) is 6.42 Å². The van der Waals surface area contributed by atoms with Crippen LogP contribution in [0.25, 0.3) is 0 Å². The smallest absolute Gasteiger partial charge is 0.249 e. The zero-order valence-corrected chi connectivity index (χ0v) is 14.2. The topological polar surface area (TPSA) is 85.8 Å². The first-order valence-electron chi connectivity index (χ1n) is 7.84. The number of fused-ring (bicyclic) bond motifs is 1. The van der Waals surface area contributed by atoms with Gasteiger partial charge in [-0.15, -0.1) is 0 Å². The summed E-state index contributed by atoms with van der Waals surface area (Å²) in [6, 6.07) is 5.19. The second-order valence-corrected chi connectivity index (χ2v) is 6.40. The molecule has 3 N–H and O–H groups in total. The Kier molecular flexibility index (Phi) is 4.01. The molecule has 7 nitrogen and oxygen atoms in total. The van der Waals surface area contributed by atoms with Gasteiger partial charge in [-0.3, -0.25) is 20.3 Å². The van der Waals surface area contributed by atoms with Crippen LogP contribution in [0.3, 0.4) is 0 Å². The van der Waals surface area contributed by atoms with E-state index in [9.17, 15) is 9.59 Å². The average Bonchev–Trinajstić information content (AvgIpc) is 2.89. The van der Waals surface area contributed by atoms with E-state index in [4.69, 9.17) is 0 Å². The quantitative estimate of drug-likeness (QED) is 0.769. The van der Waals surface area contributed by atoms with Gasteiger partial charge in [-0.2, -0.15) is 4.99 Å². The van der Waals surface area contributed by atoms with Gasteiger partial charge in [0.25, 0.3) is 0 Å². The zero-order chi connectivity index (χ0) is 17.4. The maximum atomic E-state index is 12.7. The number of aryl methyl sites for hydroxylation is 2. The number of anilines is 1. The molecule has 0 aliphatic carbocycles. The maximum Gasteiger partial charge on any atom is 0.249 e.